The van der Waals surface area contributed by atoms with Crippen molar-refractivity contribution in [2.75, 3.05) is 63.8 Å². The predicted octanol–water partition coefficient (Wildman–Crippen LogP) is 2.14. The predicted molar refractivity (Wildman–Crippen MR) is 108 cm³/mol. The first-order chi connectivity index (χ1) is 12.7. The molecule has 0 saturated carbocycles. The lowest BCUT2D eigenvalue weighted by Gasteiger charge is -2.40. The van der Waals surface area contributed by atoms with E-state index in [4.69, 9.17) is 0 Å². The normalized spacial score (nSPS) is 22.6. The van der Waals surface area contributed by atoms with Crippen molar-refractivity contribution >= 4 is 11.6 Å². The number of para-hydroxylation sites is 1. The number of nitrogens with zero attached hydrogens (tertiary/aromatic N) is 4. The molecule has 1 amide bonds. The van der Waals surface area contributed by atoms with Gasteiger partial charge in [0.25, 0.3) is 0 Å². The van der Waals surface area contributed by atoms with Crippen LogP contribution >= 0.6 is 0 Å². The van der Waals surface area contributed by atoms with Crippen molar-refractivity contribution in [1.29, 1.82) is 0 Å². The van der Waals surface area contributed by atoms with Crippen LogP contribution in [0.25, 0.3) is 0 Å². The SMILES string of the molecule is CCN1CCN(C(=O)CCCN2CCN(c3ccccc3)CC2)[C@H](C)C1. The number of piperazine rings is 2. The molecule has 0 radical (unpaired) electrons. The maximum absolute atomic E-state index is 12.6. The van der Waals surface area contributed by atoms with E-state index in [1.54, 1.807) is 0 Å². The van der Waals surface area contributed by atoms with Gasteiger partial charge in [-0.3, -0.25) is 14.6 Å². The minimum atomic E-state index is 0.344. The van der Waals surface area contributed by atoms with E-state index in [-0.39, 0.29) is 0 Å². The molecule has 0 unspecified atom stereocenters. The van der Waals surface area contributed by atoms with Gasteiger partial charge in [0.1, 0.15) is 0 Å². The minimum Gasteiger partial charge on any atom is -0.369 e. The third kappa shape index (κ3) is 4.98. The molecule has 2 aliphatic heterocycles. The average Bonchev–Trinajstić information content (AvgIpc) is 2.69. The Hall–Kier alpha value is -1.59. The van der Waals surface area contributed by atoms with Gasteiger partial charge >= 0.3 is 0 Å². The van der Waals surface area contributed by atoms with Gasteiger partial charge in [0.15, 0.2) is 0 Å². The average molecular weight is 359 g/mol. The number of hydrogen-bond donors (Lipinski definition) is 0. The first-order valence-corrected chi connectivity index (χ1v) is 10.2. The molecular weight excluding hydrogens is 324 g/mol. The van der Waals surface area contributed by atoms with Crippen molar-refractivity contribution in [3.63, 3.8) is 0 Å². The summed E-state index contributed by atoms with van der Waals surface area (Å²) in [6.07, 6.45) is 1.67. The number of likely N-dealkylation sites (N-methyl/N-ethyl adjacent to an activating group) is 1. The number of amides is 1. The third-order valence-electron chi connectivity index (χ3n) is 5.84. The van der Waals surface area contributed by atoms with Crippen molar-refractivity contribution in [2.45, 2.75) is 32.7 Å². The zero-order chi connectivity index (χ0) is 18.4. The van der Waals surface area contributed by atoms with Gasteiger partial charge in [0.2, 0.25) is 5.91 Å². The fourth-order valence-corrected chi connectivity index (χ4v) is 4.16. The molecular formula is C21H34N4O. The van der Waals surface area contributed by atoms with Gasteiger partial charge in [-0.1, -0.05) is 25.1 Å². The van der Waals surface area contributed by atoms with Gasteiger partial charge in [-0.15, -0.1) is 0 Å². The molecule has 1 aromatic carbocycles. The second kappa shape index (κ2) is 9.38. The lowest BCUT2D eigenvalue weighted by atomic mass is 10.1. The second-order valence-corrected chi connectivity index (χ2v) is 7.60. The van der Waals surface area contributed by atoms with E-state index in [0.29, 0.717) is 18.4 Å². The molecule has 2 saturated heterocycles. The van der Waals surface area contributed by atoms with Crippen molar-refractivity contribution in [2.24, 2.45) is 0 Å². The zero-order valence-corrected chi connectivity index (χ0v) is 16.4. The van der Waals surface area contributed by atoms with Crippen LogP contribution in [-0.4, -0.2) is 85.6 Å². The molecule has 0 spiro atoms. The first kappa shape index (κ1) is 19.2. The van der Waals surface area contributed by atoms with Gasteiger partial charge in [-0.05, 0) is 38.6 Å². The highest BCUT2D eigenvalue weighted by atomic mass is 16.2. The molecule has 2 aliphatic rings. The molecule has 1 aromatic rings. The largest absolute Gasteiger partial charge is 0.369 e. The second-order valence-electron chi connectivity index (χ2n) is 7.60. The Labute approximate surface area is 158 Å². The topological polar surface area (TPSA) is 30.0 Å². The van der Waals surface area contributed by atoms with Gasteiger partial charge in [-0.25, -0.2) is 0 Å². The fourth-order valence-electron chi connectivity index (χ4n) is 4.16. The first-order valence-electron chi connectivity index (χ1n) is 10.2. The number of carbonyl (C=O) groups excluding carboxylic acids is 1. The van der Waals surface area contributed by atoms with Crippen molar-refractivity contribution < 1.29 is 4.79 Å². The number of benzene rings is 1. The summed E-state index contributed by atoms with van der Waals surface area (Å²) in [7, 11) is 0. The van der Waals surface area contributed by atoms with Gasteiger partial charge in [-0.2, -0.15) is 0 Å². The summed E-state index contributed by atoms with van der Waals surface area (Å²) in [6, 6.07) is 11.0. The molecule has 1 atom stereocenters. The summed E-state index contributed by atoms with van der Waals surface area (Å²) in [5.74, 6) is 0.344. The van der Waals surface area contributed by atoms with Gasteiger partial charge in [0.05, 0.1) is 0 Å². The lowest BCUT2D eigenvalue weighted by Crippen LogP contribution is -2.53. The molecule has 0 N–H and O–H groups in total. The Kier molecular flexibility index (Phi) is 6.92. The van der Waals surface area contributed by atoms with Crippen LogP contribution < -0.4 is 4.90 Å². The van der Waals surface area contributed by atoms with E-state index < -0.39 is 0 Å². The Morgan fingerprint density at radius 3 is 2.35 bits per heavy atom. The smallest absolute Gasteiger partial charge is 0.222 e. The fraction of sp³-hybridized carbons (Fsp3) is 0.667. The van der Waals surface area contributed by atoms with Crippen LogP contribution in [0.1, 0.15) is 26.7 Å². The Morgan fingerprint density at radius 1 is 1.00 bits per heavy atom. The van der Waals surface area contributed by atoms with Gasteiger partial charge < -0.3 is 9.80 Å². The zero-order valence-electron chi connectivity index (χ0n) is 16.4. The highest BCUT2D eigenvalue weighted by Crippen LogP contribution is 2.16. The van der Waals surface area contributed by atoms with Gasteiger partial charge in [0, 0.05) is 64.0 Å². The highest BCUT2D eigenvalue weighted by molar-refractivity contribution is 5.76. The molecule has 0 aromatic heterocycles. The van der Waals surface area contributed by atoms with E-state index in [9.17, 15) is 4.79 Å². The molecule has 3 rings (SSSR count). The minimum absolute atomic E-state index is 0.344. The van der Waals surface area contributed by atoms with Crippen LogP contribution in [0.2, 0.25) is 0 Å². The van der Waals surface area contributed by atoms with E-state index >= 15 is 0 Å². The summed E-state index contributed by atoms with van der Waals surface area (Å²) in [4.78, 5) is 22.1. The van der Waals surface area contributed by atoms with Crippen LogP contribution in [-0.2, 0) is 4.79 Å². The molecule has 0 aliphatic carbocycles. The van der Waals surface area contributed by atoms with E-state index in [2.05, 4.69) is 63.8 Å². The van der Waals surface area contributed by atoms with E-state index in [0.717, 1.165) is 65.3 Å². The number of carbonyl (C=O) groups is 1. The third-order valence-corrected chi connectivity index (χ3v) is 5.84. The molecule has 144 valence electrons. The molecule has 2 heterocycles. The summed E-state index contributed by atoms with van der Waals surface area (Å²) in [5.41, 5.74) is 1.32. The Morgan fingerprint density at radius 2 is 1.69 bits per heavy atom. The summed E-state index contributed by atoms with van der Waals surface area (Å²) in [6.45, 7) is 13.8. The summed E-state index contributed by atoms with van der Waals surface area (Å²) < 4.78 is 0. The molecule has 2 fully saturated rings. The van der Waals surface area contributed by atoms with Crippen LogP contribution in [0.4, 0.5) is 5.69 Å². The number of anilines is 1. The van der Waals surface area contributed by atoms with Crippen molar-refractivity contribution in [3.05, 3.63) is 30.3 Å². The molecule has 26 heavy (non-hydrogen) atoms. The lowest BCUT2D eigenvalue weighted by molar-refractivity contribution is -0.135. The Bertz CT molecular complexity index is 556. The number of rotatable bonds is 6. The number of hydrogen-bond acceptors (Lipinski definition) is 4. The summed E-state index contributed by atoms with van der Waals surface area (Å²) >= 11 is 0. The van der Waals surface area contributed by atoms with Crippen LogP contribution in [0.15, 0.2) is 30.3 Å². The summed E-state index contributed by atoms with van der Waals surface area (Å²) in [5, 5.41) is 0. The Balaban J connectivity index is 1.35. The molecule has 5 heteroatoms. The van der Waals surface area contributed by atoms with Crippen LogP contribution in [0.5, 0.6) is 0 Å². The highest BCUT2D eigenvalue weighted by Gasteiger charge is 2.26. The molecule has 0 bridgehead atoms. The van der Waals surface area contributed by atoms with E-state index in [1.165, 1.54) is 5.69 Å². The monoisotopic (exact) mass is 358 g/mol. The maximum Gasteiger partial charge on any atom is 0.222 e. The van der Waals surface area contributed by atoms with Crippen LogP contribution in [0.3, 0.4) is 0 Å². The van der Waals surface area contributed by atoms with Crippen molar-refractivity contribution in [3.8, 4) is 0 Å². The maximum atomic E-state index is 12.6. The van der Waals surface area contributed by atoms with Crippen molar-refractivity contribution in [1.82, 2.24) is 14.7 Å². The van der Waals surface area contributed by atoms with Crippen LogP contribution in [0, 0.1) is 0 Å². The van der Waals surface area contributed by atoms with E-state index in [1.807, 2.05) is 0 Å². The standard InChI is InChI=1S/C21H34N4O/c1-3-22-14-17-25(19(2)18-22)21(26)10-7-11-23-12-15-24(16-13-23)20-8-5-4-6-9-20/h4-6,8-9,19H,3,7,10-18H2,1-2H3/t19-/m1/s1. The quantitative estimate of drug-likeness (QED) is 0.779. The molecule has 5 nitrogen and oxygen atoms in total.